The molecule has 0 aliphatic carbocycles. The van der Waals surface area contributed by atoms with E-state index in [0.717, 1.165) is 5.41 Å². The van der Waals surface area contributed by atoms with E-state index in [4.69, 9.17) is 4.74 Å². The second-order valence-electron chi connectivity index (χ2n) is 2.30. The summed E-state index contributed by atoms with van der Waals surface area (Å²) in [7, 11) is -1.85. The van der Waals surface area contributed by atoms with E-state index in [1.807, 2.05) is 0 Å². The molecule has 0 amide bonds. The third kappa shape index (κ3) is 2.09. The lowest BCUT2D eigenvalue weighted by Crippen LogP contribution is -1.95. The molecule has 1 rings (SSSR count). The molecule has 69 valence electrons. The fraction of sp³-hybridized carbons (Fsp3) is 0.111. The molecule has 0 unspecified atom stereocenters. The van der Waals surface area contributed by atoms with Crippen molar-refractivity contribution in [3.8, 4) is 5.75 Å². The van der Waals surface area contributed by atoms with Gasteiger partial charge in [-0.25, -0.2) is 8.42 Å². The van der Waals surface area contributed by atoms with Crippen LogP contribution in [0.25, 0.3) is 0 Å². The van der Waals surface area contributed by atoms with Gasteiger partial charge in [0.1, 0.15) is 5.75 Å². The van der Waals surface area contributed by atoms with Gasteiger partial charge >= 0.3 is 0 Å². The Labute approximate surface area is 77.6 Å². The van der Waals surface area contributed by atoms with E-state index in [-0.39, 0.29) is 4.90 Å². The second-order valence-corrected chi connectivity index (χ2v) is 4.20. The van der Waals surface area contributed by atoms with Crippen LogP contribution in [0.5, 0.6) is 5.75 Å². The largest absolute Gasteiger partial charge is 0.496 e. The summed E-state index contributed by atoms with van der Waals surface area (Å²) in [5.41, 5.74) is 0. The van der Waals surface area contributed by atoms with Crippen molar-refractivity contribution in [2.75, 3.05) is 7.11 Å². The minimum atomic E-state index is -3.35. The van der Waals surface area contributed by atoms with Gasteiger partial charge in [-0.2, -0.15) is 0 Å². The molecule has 0 heterocycles. The molecule has 0 atom stereocenters. The molecule has 1 aromatic carbocycles. The number of methoxy groups -OCH3 is 1. The highest BCUT2D eigenvalue weighted by Crippen LogP contribution is 2.15. The highest BCUT2D eigenvalue weighted by Gasteiger charge is 2.08. The average molecular weight is 197 g/mol. The van der Waals surface area contributed by atoms with Gasteiger partial charge in [-0.15, -0.1) is 0 Å². The summed E-state index contributed by atoms with van der Waals surface area (Å²) in [6.45, 7) is 3.22. The average Bonchev–Trinajstić information content (AvgIpc) is 2.18. The number of ether oxygens (including phenoxy) is 1. The topological polar surface area (TPSA) is 43.4 Å². The molecule has 1 aromatic rings. The van der Waals surface area contributed by atoms with E-state index >= 15 is 0 Å². The SMILES string of the molecule is C=CS(=O)(=O)c1c[c]c(OC)cc1. The number of hydrogen-bond donors (Lipinski definition) is 0. The second kappa shape index (κ2) is 3.62. The molecule has 4 heteroatoms. The van der Waals surface area contributed by atoms with Gasteiger partial charge in [0.2, 0.25) is 0 Å². The molecule has 0 saturated carbocycles. The Morgan fingerprint density at radius 1 is 1.54 bits per heavy atom. The fourth-order valence-corrected chi connectivity index (χ4v) is 1.47. The van der Waals surface area contributed by atoms with Gasteiger partial charge in [-0.3, -0.25) is 0 Å². The monoisotopic (exact) mass is 197 g/mol. The number of hydrogen-bond acceptors (Lipinski definition) is 3. The molecule has 0 bridgehead atoms. The van der Waals surface area contributed by atoms with Crippen molar-refractivity contribution >= 4 is 9.84 Å². The van der Waals surface area contributed by atoms with Crippen LogP contribution in [0.1, 0.15) is 0 Å². The Balaban J connectivity index is 3.13. The summed E-state index contributed by atoms with van der Waals surface area (Å²) >= 11 is 0. The van der Waals surface area contributed by atoms with Crippen molar-refractivity contribution in [2.45, 2.75) is 4.90 Å². The maximum absolute atomic E-state index is 11.2. The molecule has 1 radical (unpaired) electrons. The van der Waals surface area contributed by atoms with Gasteiger partial charge in [-0.1, -0.05) is 6.58 Å². The number of sulfone groups is 1. The lowest BCUT2D eigenvalue weighted by Gasteiger charge is -2.00. The van der Waals surface area contributed by atoms with E-state index < -0.39 is 9.84 Å². The summed E-state index contributed by atoms with van der Waals surface area (Å²) in [6, 6.07) is 7.02. The summed E-state index contributed by atoms with van der Waals surface area (Å²) in [5, 5.41) is 0.905. The summed E-state index contributed by atoms with van der Waals surface area (Å²) in [5.74, 6) is 0.503. The minimum absolute atomic E-state index is 0.170. The summed E-state index contributed by atoms with van der Waals surface area (Å²) < 4.78 is 27.3. The van der Waals surface area contributed by atoms with Crippen LogP contribution in [-0.4, -0.2) is 15.5 Å². The molecule has 0 fully saturated rings. The fourth-order valence-electron chi connectivity index (χ4n) is 0.796. The van der Waals surface area contributed by atoms with Crippen LogP contribution in [0.3, 0.4) is 0 Å². The predicted molar refractivity (Wildman–Crippen MR) is 49.2 cm³/mol. The van der Waals surface area contributed by atoms with E-state index in [1.54, 1.807) is 0 Å². The van der Waals surface area contributed by atoms with Gasteiger partial charge in [0.15, 0.2) is 9.84 Å². The molecular formula is C9H9O3S. The van der Waals surface area contributed by atoms with Crippen LogP contribution in [0.2, 0.25) is 0 Å². The first kappa shape index (κ1) is 9.80. The molecule has 0 aliphatic rings. The van der Waals surface area contributed by atoms with E-state index in [0.29, 0.717) is 5.75 Å². The number of benzene rings is 1. The normalized spacial score (nSPS) is 10.8. The van der Waals surface area contributed by atoms with Crippen LogP contribution in [0, 0.1) is 6.07 Å². The Hall–Kier alpha value is -1.29. The molecule has 0 saturated heterocycles. The Morgan fingerprint density at radius 2 is 2.23 bits per heavy atom. The first-order valence-electron chi connectivity index (χ1n) is 3.53. The minimum Gasteiger partial charge on any atom is -0.496 e. The lowest BCUT2D eigenvalue weighted by atomic mass is 10.3. The van der Waals surface area contributed by atoms with Crippen LogP contribution in [0.15, 0.2) is 35.1 Å². The molecule has 13 heavy (non-hydrogen) atoms. The first-order valence-corrected chi connectivity index (χ1v) is 5.08. The highest BCUT2D eigenvalue weighted by atomic mass is 32.2. The van der Waals surface area contributed by atoms with Crippen molar-refractivity contribution in [1.29, 1.82) is 0 Å². The van der Waals surface area contributed by atoms with Crippen LogP contribution >= 0.6 is 0 Å². The third-order valence-corrected chi connectivity index (χ3v) is 2.87. The van der Waals surface area contributed by atoms with Crippen molar-refractivity contribution < 1.29 is 13.2 Å². The van der Waals surface area contributed by atoms with E-state index in [2.05, 4.69) is 12.6 Å². The van der Waals surface area contributed by atoms with Gasteiger partial charge in [0, 0.05) is 11.5 Å². The molecule has 3 nitrogen and oxygen atoms in total. The Morgan fingerprint density at radius 3 is 2.62 bits per heavy atom. The van der Waals surface area contributed by atoms with Crippen LogP contribution in [0.4, 0.5) is 0 Å². The molecular weight excluding hydrogens is 188 g/mol. The third-order valence-electron chi connectivity index (χ3n) is 1.52. The first-order chi connectivity index (χ1) is 6.10. The van der Waals surface area contributed by atoms with Crippen molar-refractivity contribution in [1.82, 2.24) is 0 Å². The lowest BCUT2D eigenvalue weighted by molar-refractivity contribution is 0.413. The quantitative estimate of drug-likeness (QED) is 0.735. The molecule has 0 aromatic heterocycles. The zero-order valence-corrected chi connectivity index (χ0v) is 7.97. The summed E-state index contributed by atoms with van der Waals surface area (Å²) in [6.07, 6.45) is 0. The van der Waals surface area contributed by atoms with Crippen molar-refractivity contribution in [3.05, 3.63) is 36.3 Å². The van der Waals surface area contributed by atoms with Crippen molar-refractivity contribution in [2.24, 2.45) is 0 Å². The maximum Gasteiger partial charge on any atom is 0.199 e. The smallest absolute Gasteiger partial charge is 0.199 e. The Kier molecular flexibility index (Phi) is 2.72. The van der Waals surface area contributed by atoms with Crippen LogP contribution < -0.4 is 4.74 Å². The Bertz CT molecular complexity index is 389. The van der Waals surface area contributed by atoms with E-state index in [9.17, 15) is 8.42 Å². The van der Waals surface area contributed by atoms with Gasteiger partial charge in [-0.05, 0) is 18.2 Å². The van der Waals surface area contributed by atoms with Gasteiger partial charge in [0.05, 0.1) is 12.0 Å². The van der Waals surface area contributed by atoms with Crippen molar-refractivity contribution in [3.63, 3.8) is 0 Å². The summed E-state index contributed by atoms with van der Waals surface area (Å²) in [4.78, 5) is 0.170. The maximum atomic E-state index is 11.2. The standard InChI is InChI=1S/C9H9O3S/c1-3-13(10,11)9-6-4-8(12-2)5-7-9/h3-4,6-7H,1H2,2H3. The van der Waals surface area contributed by atoms with E-state index in [1.165, 1.54) is 25.3 Å². The zero-order chi connectivity index (χ0) is 9.90. The van der Waals surface area contributed by atoms with Crippen LogP contribution in [-0.2, 0) is 9.84 Å². The highest BCUT2D eigenvalue weighted by molar-refractivity contribution is 7.94. The zero-order valence-electron chi connectivity index (χ0n) is 7.15. The molecule has 0 spiro atoms. The predicted octanol–water partition coefficient (Wildman–Crippen LogP) is 1.41. The van der Waals surface area contributed by atoms with Gasteiger partial charge in [0.25, 0.3) is 0 Å². The van der Waals surface area contributed by atoms with Gasteiger partial charge < -0.3 is 4.74 Å². The molecule has 0 N–H and O–H groups in total. The number of rotatable bonds is 3. The molecule has 0 aliphatic heterocycles.